The zero-order valence-electron chi connectivity index (χ0n) is 12.9. The van der Waals surface area contributed by atoms with Crippen molar-refractivity contribution in [2.24, 2.45) is 5.92 Å². The molecule has 0 aliphatic rings. The monoisotopic (exact) mass is 381 g/mol. The highest BCUT2D eigenvalue weighted by atomic mass is 35.5. The van der Waals surface area contributed by atoms with Gasteiger partial charge in [0.25, 0.3) is 5.91 Å². The second kappa shape index (κ2) is 7.99. The van der Waals surface area contributed by atoms with Crippen LogP contribution in [0.1, 0.15) is 27.6 Å². The molecule has 0 spiro atoms. The number of carbonyl (C=O) groups excluding carboxylic acids is 2. The summed E-state index contributed by atoms with van der Waals surface area (Å²) in [5.41, 5.74) is -0.365. The third kappa shape index (κ3) is 4.83. The van der Waals surface area contributed by atoms with Crippen molar-refractivity contribution >= 4 is 44.9 Å². The number of hydrogen-bond donors (Lipinski definition) is 1. The molecule has 0 saturated heterocycles. The van der Waals surface area contributed by atoms with Crippen molar-refractivity contribution in [3.05, 3.63) is 28.3 Å². The Morgan fingerprint density at radius 1 is 1.35 bits per heavy atom. The minimum atomic E-state index is -3.72. The molecule has 0 saturated carbocycles. The maximum atomic E-state index is 12.4. The van der Waals surface area contributed by atoms with Crippen LogP contribution < -0.4 is 5.32 Å². The molecule has 0 radical (unpaired) electrons. The summed E-state index contributed by atoms with van der Waals surface area (Å²) in [4.78, 5) is 23.8. The van der Waals surface area contributed by atoms with Crippen LogP contribution in [-0.2, 0) is 14.6 Å². The number of halogens is 2. The molecular formula is C14H17Cl2NO5S. The van der Waals surface area contributed by atoms with Crippen molar-refractivity contribution in [3.8, 4) is 0 Å². The zero-order valence-corrected chi connectivity index (χ0v) is 15.2. The number of rotatable bonds is 6. The fourth-order valence-electron chi connectivity index (χ4n) is 1.76. The van der Waals surface area contributed by atoms with Gasteiger partial charge in [0, 0.05) is 18.7 Å². The van der Waals surface area contributed by atoms with Crippen LogP contribution >= 0.6 is 23.2 Å². The number of alkyl halides is 1. The summed E-state index contributed by atoms with van der Waals surface area (Å²) < 4.78 is 28.3. The van der Waals surface area contributed by atoms with Gasteiger partial charge < -0.3 is 10.1 Å². The molecule has 0 bridgehead atoms. The summed E-state index contributed by atoms with van der Waals surface area (Å²) in [7, 11) is -2.56. The molecule has 1 N–H and O–H groups in total. The van der Waals surface area contributed by atoms with Crippen LogP contribution in [0.15, 0.2) is 17.0 Å². The molecule has 0 fully saturated rings. The number of carbonyl (C=O) groups is 2. The van der Waals surface area contributed by atoms with Crippen LogP contribution in [0.2, 0.25) is 5.02 Å². The molecule has 0 aromatic heterocycles. The van der Waals surface area contributed by atoms with Crippen LogP contribution in [0.25, 0.3) is 0 Å². The molecule has 1 amide bonds. The summed E-state index contributed by atoms with van der Waals surface area (Å²) in [6.45, 7) is 2.06. The first-order chi connectivity index (χ1) is 10.6. The van der Waals surface area contributed by atoms with Crippen LogP contribution in [0, 0.1) is 5.92 Å². The van der Waals surface area contributed by atoms with E-state index >= 15 is 0 Å². The number of amides is 1. The summed E-state index contributed by atoms with van der Waals surface area (Å²) in [6.07, 6.45) is 0.953. The first-order valence-corrected chi connectivity index (χ1v) is 9.38. The Morgan fingerprint density at radius 2 is 1.96 bits per heavy atom. The third-order valence-corrected chi connectivity index (χ3v) is 5.07. The van der Waals surface area contributed by atoms with E-state index in [1.54, 1.807) is 0 Å². The predicted molar refractivity (Wildman–Crippen MR) is 88.1 cm³/mol. The van der Waals surface area contributed by atoms with Crippen LogP contribution in [0.5, 0.6) is 0 Å². The number of ether oxygens (including phenoxy) is 1. The van der Waals surface area contributed by atoms with Gasteiger partial charge in [0.2, 0.25) is 0 Å². The van der Waals surface area contributed by atoms with Gasteiger partial charge in [-0.3, -0.25) is 4.79 Å². The lowest BCUT2D eigenvalue weighted by atomic mass is 10.1. The molecule has 0 aliphatic heterocycles. The summed E-state index contributed by atoms with van der Waals surface area (Å²) in [6, 6.07) is 2.37. The van der Waals surface area contributed by atoms with E-state index in [0.717, 1.165) is 19.4 Å². The van der Waals surface area contributed by atoms with E-state index in [-0.39, 0.29) is 33.5 Å². The van der Waals surface area contributed by atoms with Gasteiger partial charge in [-0.2, -0.15) is 0 Å². The summed E-state index contributed by atoms with van der Waals surface area (Å²) in [5.74, 6) is -1.14. The fraction of sp³-hybridized carbons (Fsp3) is 0.429. The van der Waals surface area contributed by atoms with E-state index in [1.807, 2.05) is 6.92 Å². The van der Waals surface area contributed by atoms with Crippen molar-refractivity contribution in [1.29, 1.82) is 0 Å². The van der Waals surface area contributed by atoms with E-state index in [9.17, 15) is 18.0 Å². The highest BCUT2D eigenvalue weighted by Crippen LogP contribution is 2.28. The topological polar surface area (TPSA) is 89.5 Å². The van der Waals surface area contributed by atoms with E-state index in [2.05, 4.69) is 10.1 Å². The molecule has 6 nitrogen and oxygen atoms in total. The minimum absolute atomic E-state index is 0.00938. The summed E-state index contributed by atoms with van der Waals surface area (Å²) >= 11 is 11.8. The SMILES string of the molecule is COC(=O)c1ccc(S(C)(=O)=O)c(C(=O)NCC(C)CCl)c1Cl. The molecule has 128 valence electrons. The Labute approximate surface area is 145 Å². The van der Waals surface area contributed by atoms with Gasteiger partial charge >= 0.3 is 5.97 Å². The Morgan fingerprint density at radius 3 is 2.43 bits per heavy atom. The number of methoxy groups -OCH3 is 1. The number of sulfone groups is 1. The predicted octanol–water partition coefficient (Wildman–Crippen LogP) is 2.13. The fourth-order valence-corrected chi connectivity index (χ4v) is 3.13. The molecule has 1 aromatic carbocycles. The lowest BCUT2D eigenvalue weighted by Crippen LogP contribution is -2.30. The van der Waals surface area contributed by atoms with Crippen molar-refractivity contribution in [3.63, 3.8) is 0 Å². The second-order valence-corrected chi connectivity index (χ2v) is 7.70. The Kier molecular flexibility index (Phi) is 6.85. The number of benzene rings is 1. The minimum Gasteiger partial charge on any atom is -0.465 e. The van der Waals surface area contributed by atoms with E-state index < -0.39 is 21.7 Å². The van der Waals surface area contributed by atoms with Gasteiger partial charge in [0.15, 0.2) is 9.84 Å². The molecule has 9 heteroatoms. The molecule has 1 atom stereocenters. The number of esters is 1. The molecule has 0 heterocycles. The average Bonchev–Trinajstić information content (AvgIpc) is 2.50. The van der Waals surface area contributed by atoms with Gasteiger partial charge in [-0.05, 0) is 18.1 Å². The first kappa shape index (κ1) is 19.7. The summed E-state index contributed by atoms with van der Waals surface area (Å²) in [5, 5.41) is 2.29. The second-order valence-electron chi connectivity index (χ2n) is 5.03. The van der Waals surface area contributed by atoms with Gasteiger partial charge in [-0.25, -0.2) is 13.2 Å². The third-order valence-electron chi connectivity index (χ3n) is 3.01. The van der Waals surface area contributed by atoms with Crippen LogP contribution in [0.4, 0.5) is 0 Å². The standard InChI is InChI=1S/C14H17Cl2NO5S/c1-8(6-15)7-17-13(18)11-10(23(3,20)21)5-4-9(12(11)16)14(19)22-2/h4-5,8H,6-7H2,1-3H3,(H,17,18). The van der Waals surface area contributed by atoms with Gasteiger partial charge in [-0.15, -0.1) is 11.6 Å². The Balaban J connectivity index is 3.40. The van der Waals surface area contributed by atoms with Crippen molar-refractivity contribution in [2.45, 2.75) is 11.8 Å². The molecule has 23 heavy (non-hydrogen) atoms. The zero-order chi connectivity index (χ0) is 17.8. The molecule has 1 rings (SSSR count). The number of nitrogens with one attached hydrogen (secondary N) is 1. The maximum absolute atomic E-state index is 12.4. The van der Waals surface area contributed by atoms with Gasteiger partial charge in [0.1, 0.15) is 0 Å². The van der Waals surface area contributed by atoms with Crippen LogP contribution in [0.3, 0.4) is 0 Å². The lowest BCUT2D eigenvalue weighted by molar-refractivity contribution is 0.0601. The highest BCUT2D eigenvalue weighted by molar-refractivity contribution is 7.90. The molecular weight excluding hydrogens is 365 g/mol. The van der Waals surface area contributed by atoms with Crippen molar-refractivity contribution in [2.75, 3.05) is 25.8 Å². The molecule has 1 aromatic rings. The van der Waals surface area contributed by atoms with Gasteiger partial charge in [0.05, 0.1) is 28.2 Å². The van der Waals surface area contributed by atoms with Gasteiger partial charge in [-0.1, -0.05) is 18.5 Å². The molecule has 0 aliphatic carbocycles. The normalized spacial score (nSPS) is 12.6. The van der Waals surface area contributed by atoms with Crippen LogP contribution in [-0.4, -0.2) is 46.1 Å². The highest BCUT2D eigenvalue weighted by Gasteiger charge is 2.26. The quantitative estimate of drug-likeness (QED) is 0.602. The smallest absolute Gasteiger partial charge is 0.339 e. The van der Waals surface area contributed by atoms with Crippen molar-refractivity contribution < 1.29 is 22.7 Å². The number of hydrogen-bond acceptors (Lipinski definition) is 5. The van der Waals surface area contributed by atoms with E-state index in [4.69, 9.17) is 23.2 Å². The van der Waals surface area contributed by atoms with E-state index in [0.29, 0.717) is 5.88 Å². The lowest BCUT2D eigenvalue weighted by Gasteiger charge is -2.14. The Hall–Kier alpha value is -1.31. The van der Waals surface area contributed by atoms with Crippen molar-refractivity contribution in [1.82, 2.24) is 5.32 Å². The molecule has 1 unspecified atom stereocenters. The average molecular weight is 382 g/mol. The largest absolute Gasteiger partial charge is 0.465 e. The first-order valence-electron chi connectivity index (χ1n) is 6.58. The van der Waals surface area contributed by atoms with E-state index in [1.165, 1.54) is 6.07 Å². The maximum Gasteiger partial charge on any atom is 0.339 e. The Bertz CT molecular complexity index is 718.